The Hall–Kier alpha value is -0.600. The molecule has 0 fully saturated rings. The average Bonchev–Trinajstić information content (AvgIpc) is 2.22. The summed E-state index contributed by atoms with van der Waals surface area (Å²) in [6.45, 7) is 0.790. The van der Waals surface area contributed by atoms with E-state index in [1.165, 1.54) is 12.3 Å². The van der Waals surface area contributed by atoms with Crippen LogP contribution < -0.4 is 15.8 Å². The van der Waals surface area contributed by atoms with Crippen molar-refractivity contribution in [1.82, 2.24) is 15.0 Å². The van der Waals surface area contributed by atoms with Gasteiger partial charge in [-0.05, 0) is 13.1 Å². The third-order valence-corrected chi connectivity index (χ3v) is 3.50. The quantitative estimate of drug-likeness (QED) is 0.677. The van der Waals surface area contributed by atoms with E-state index in [1.807, 2.05) is 0 Å². The number of nitrogens with two attached hydrogens (primary N) is 1. The Labute approximate surface area is 111 Å². The van der Waals surface area contributed by atoms with Gasteiger partial charge in [0.25, 0.3) is 0 Å². The van der Waals surface area contributed by atoms with Gasteiger partial charge < -0.3 is 11.1 Å². The van der Waals surface area contributed by atoms with Gasteiger partial charge in [-0.2, -0.15) is 0 Å². The maximum Gasteiger partial charge on any atom is 0.244 e. The van der Waals surface area contributed by atoms with Crippen LogP contribution in [0.3, 0.4) is 0 Å². The molecular weight excluding hydrogens is 287 g/mol. The van der Waals surface area contributed by atoms with Gasteiger partial charge in [0.1, 0.15) is 10.7 Å². The molecule has 0 bridgehead atoms. The number of nitrogen functional groups attached to an aromatic ring is 1. The third kappa shape index (κ3) is 4.64. The van der Waals surface area contributed by atoms with Crippen molar-refractivity contribution in [3.63, 3.8) is 0 Å². The lowest BCUT2D eigenvalue weighted by molar-refractivity contribution is 0.579. The number of pyridine rings is 1. The van der Waals surface area contributed by atoms with E-state index in [4.69, 9.17) is 17.3 Å². The highest BCUT2D eigenvalue weighted by molar-refractivity contribution is 7.89. The highest BCUT2D eigenvalue weighted by atomic mass is 35.5. The first-order chi connectivity index (χ1) is 7.47. The molecule has 0 amide bonds. The van der Waals surface area contributed by atoms with Crippen LogP contribution in [-0.2, 0) is 10.0 Å². The van der Waals surface area contributed by atoms with Crippen LogP contribution in [0, 0.1) is 0 Å². The summed E-state index contributed by atoms with van der Waals surface area (Å²) in [5, 5.41) is 3.04. The predicted octanol–water partition coefficient (Wildman–Crippen LogP) is 0.237. The van der Waals surface area contributed by atoms with Crippen molar-refractivity contribution in [1.29, 1.82) is 0 Å². The highest BCUT2D eigenvalue weighted by Crippen LogP contribution is 2.19. The topological polar surface area (TPSA) is 97.1 Å². The SMILES string of the molecule is CNCCNS(=O)(=O)c1cc(Cl)cnc1N.Cl. The maximum atomic E-state index is 11.8. The molecule has 0 unspecified atom stereocenters. The van der Waals surface area contributed by atoms with E-state index >= 15 is 0 Å². The van der Waals surface area contributed by atoms with Crippen molar-refractivity contribution in [3.05, 3.63) is 17.3 Å². The monoisotopic (exact) mass is 300 g/mol. The molecule has 1 aromatic heterocycles. The summed E-state index contributed by atoms with van der Waals surface area (Å²) in [5.74, 6) is -0.0682. The fourth-order valence-electron chi connectivity index (χ4n) is 1.03. The second kappa shape index (κ2) is 6.97. The summed E-state index contributed by atoms with van der Waals surface area (Å²) in [6, 6.07) is 1.27. The first-order valence-electron chi connectivity index (χ1n) is 4.52. The average molecular weight is 301 g/mol. The van der Waals surface area contributed by atoms with Gasteiger partial charge in [-0.25, -0.2) is 18.1 Å². The molecule has 0 radical (unpaired) electrons. The third-order valence-electron chi connectivity index (χ3n) is 1.80. The lowest BCUT2D eigenvalue weighted by Crippen LogP contribution is -2.31. The predicted molar refractivity (Wildman–Crippen MR) is 70.0 cm³/mol. The first-order valence-corrected chi connectivity index (χ1v) is 6.39. The molecule has 0 saturated carbocycles. The molecule has 4 N–H and O–H groups in total. The van der Waals surface area contributed by atoms with Crippen molar-refractivity contribution in [2.75, 3.05) is 25.9 Å². The fraction of sp³-hybridized carbons (Fsp3) is 0.375. The number of aromatic nitrogens is 1. The summed E-state index contributed by atoms with van der Waals surface area (Å²) in [5.41, 5.74) is 5.48. The molecule has 0 aliphatic rings. The van der Waals surface area contributed by atoms with Crippen molar-refractivity contribution in [2.24, 2.45) is 0 Å². The molecule has 1 aromatic rings. The van der Waals surface area contributed by atoms with Crippen molar-refractivity contribution < 1.29 is 8.42 Å². The summed E-state index contributed by atoms with van der Waals surface area (Å²) in [7, 11) is -1.92. The number of likely N-dealkylation sites (N-methyl/N-ethyl adjacent to an activating group) is 1. The Bertz CT molecular complexity index is 467. The normalized spacial score (nSPS) is 10.9. The van der Waals surface area contributed by atoms with Crippen LogP contribution in [0.4, 0.5) is 5.82 Å². The van der Waals surface area contributed by atoms with E-state index < -0.39 is 10.0 Å². The summed E-state index contributed by atoms with van der Waals surface area (Å²) >= 11 is 5.66. The second-order valence-electron chi connectivity index (χ2n) is 3.04. The molecular formula is C8H14Cl2N4O2S. The highest BCUT2D eigenvalue weighted by Gasteiger charge is 2.18. The van der Waals surface area contributed by atoms with Crippen molar-refractivity contribution in [2.45, 2.75) is 4.90 Å². The van der Waals surface area contributed by atoms with E-state index in [2.05, 4.69) is 15.0 Å². The van der Waals surface area contributed by atoms with Crippen molar-refractivity contribution >= 4 is 39.8 Å². The Morgan fingerprint density at radius 1 is 1.47 bits per heavy atom. The lowest BCUT2D eigenvalue weighted by Gasteiger charge is -2.08. The number of nitrogens with one attached hydrogen (secondary N) is 2. The van der Waals surface area contributed by atoms with Gasteiger partial charge in [-0.1, -0.05) is 11.6 Å². The number of nitrogens with zero attached hydrogens (tertiary/aromatic N) is 1. The van der Waals surface area contributed by atoms with Crippen LogP contribution >= 0.6 is 24.0 Å². The smallest absolute Gasteiger partial charge is 0.244 e. The first kappa shape index (κ1) is 16.4. The maximum absolute atomic E-state index is 11.8. The van der Waals surface area contributed by atoms with Gasteiger partial charge in [-0.15, -0.1) is 12.4 Å². The Kier molecular flexibility index (Phi) is 6.73. The zero-order valence-corrected chi connectivity index (χ0v) is 11.5. The number of anilines is 1. The second-order valence-corrected chi connectivity index (χ2v) is 5.21. The number of halogens is 2. The van der Waals surface area contributed by atoms with Gasteiger partial charge in [-0.3, -0.25) is 0 Å². The molecule has 0 aliphatic heterocycles. The molecule has 0 spiro atoms. The van der Waals surface area contributed by atoms with Gasteiger partial charge in [0.15, 0.2) is 0 Å². The summed E-state index contributed by atoms with van der Waals surface area (Å²) < 4.78 is 25.9. The molecule has 0 aliphatic carbocycles. The largest absolute Gasteiger partial charge is 0.383 e. The fourth-order valence-corrected chi connectivity index (χ4v) is 2.39. The number of rotatable bonds is 5. The molecule has 0 aromatic carbocycles. The Morgan fingerprint density at radius 2 is 2.12 bits per heavy atom. The number of hydrogen-bond donors (Lipinski definition) is 3. The molecule has 1 rings (SSSR count). The van der Waals surface area contributed by atoms with Crippen LogP contribution in [0.5, 0.6) is 0 Å². The Morgan fingerprint density at radius 3 is 2.71 bits per heavy atom. The van der Waals surface area contributed by atoms with Crippen LogP contribution in [-0.4, -0.2) is 33.5 Å². The minimum atomic E-state index is -3.65. The molecule has 0 atom stereocenters. The molecule has 98 valence electrons. The number of hydrogen-bond acceptors (Lipinski definition) is 5. The van der Waals surface area contributed by atoms with E-state index in [9.17, 15) is 8.42 Å². The lowest BCUT2D eigenvalue weighted by atomic mass is 10.5. The standard InChI is InChI=1S/C8H13ClN4O2S.ClH/c1-11-2-3-13-16(14,15)7-4-6(9)5-12-8(7)10;/h4-5,11,13H,2-3H2,1H3,(H2,10,12);1H. The zero-order valence-electron chi connectivity index (χ0n) is 9.10. The van der Waals surface area contributed by atoms with Crippen molar-refractivity contribution in [3.8, 4) is 0 Å². The molecule has 0 saturated heterocycles. The van der Waals surface area contributed by atoms with E-state index in [0.717, 1.165) is 0 Å². The molecule has 6 nitrogen and oxygen atoms in total. The molecule has 1 heterocycles. The van der Waals surface area contributed by atoms with Crippen LogP contribution in [0.2, 0.25) is 5.02 Å². The van der Waals surface area contributed by atoms with Gasteiger partial charge >= 0.3 is 0 Å². The number of sulfonamides is 1. The summed E-state index contributed by atoms with van der Waals surface area (Å²) in [4.78, 5) is 3.58. The van der Waals surface area contributed by atoms with E-state index in [-0.39, 0.29) is 34.7 Å². The van der Waals surface area contributed by atoms with Crippen LogP contribution in [0.25, 0.3) is 0 Å². The van der Waals surface area contributed by atoms with E-state index in [0.29, 0.717) is 6.54 Å². The van der Waals surface area contributed by atoms with E-state index in [1.54, 1.807) is 7.05 Å². The van der Waals surface area contributed by atoms with Crippen LogP contribution in [0.1, 0.15) is 0 Å². The Balaban J connectivity index is 0.00000256. The minimum Gasteiger partial charge on any atom is -0.383 e. The van der Waals surface area contributed by atoms with Crippen LogP contribution in [0.15, 0.2) is 17.2 Å². The minimum absolute atomic E-state index is 0. The summed E-state index contributed by atoms with van der Waals surface area (Å²) in [6.07, 6.45) is 1.30. The van der Waals surface area contributed by atoms with Gasteiger partial charge in [0.05, 0.1) is 5.02 Å². The van der Waals surface area contributed by atoms with Gasteiger partial charge in [0, 0.05) is 19.3 Å². The molecule has 17 heavy (non-hydrogen) atoms. The molecule has 9 heteroatoms. The van der Waals surface area contributed by atoms with Gasteiger partial charge in [0.2, 0.25) is 10.0 Å². The zero-order chi connectivity index (χ0) is 12.2.